The van der Waals surface area contributed by atoms with Gasteiger partial charge in [0.15, 0.2) is 11.5 Å². The number of carbonyl (C=O) groups excluding carboxylic acids is 1. The van der Waals surface area contributed by atoms with Crippen LogP contribution in [0.15, 0.2) is 42.7 Å². The maximum atomic E-state index is 11.6. The van der Waals surface area contributed by atoms with Gasteiger partial charge in [-0.3, -0.25) is 4.79 Å². The Balaban J connectivity index is 1.71. The van der Waals surface area contributed by atoms with Gasteiger partial charge in [-0.15, -0.1) is 0 Å². The third-order valence-electron chi connectivity index (χ3n) is 5.36. The molecule has 1 fully saturated rings. The van der Waals surface area contributed by atoms with Gasteiger partial charge in [0.2, 0.25) is 5.91 Å². The van der Waals surface area contributed by atoms with E-state index in [4.69, 9.17) is 9.47 Å². The number of benzene rings is 2. The third kappa shape index (κ3) is 3.68. The van der Waals surface area contributed by atoms with Crippen molar-refractivity contribution in [3.05, 3.63) is 42.7 Å². The number of methoxy groups -OCH3 is 2. The molecule has 29 heavy (non-hydrogen) atoms. The van der Waals surface area contributed by atoms with Crippen molar-refractivity contribution in [3.8, 4) is 22.6 Å². The normalized spacial score (nSPS) is 14.2. The van der Waals surface area contributed by atoms with E-state index in [2.05, 4.69) is 20.9 Å². The summed E-state index contributed by atoms with van der Waals surface area (Å²) in [6, 6.07) is 12.1. The van der Waals surface area contributed by atoms with E-state index in [0.717, 1.165) is 40.9 Å². The predicted octanol–water partition coefficient (Wildman–Crippen LogP) is 2.98. The highest BCUT2D eigenvalue weighted by Gasteiger charge is 2.21. The van der Waals surface area contributed by atoms with Crippen LogP contribution in [0.3, 0.4) is 0 Å². The maximum absolute atomic E-state index is 11.6. The maximum Gasteiger partial charge on any atom is 0.219 e. The summed E-state index contributed by atoms with van der Waals surface area (Å²) in [6.45, 7) is 4.54. The number of fused-ring (bicyclic) bond motifs is 1. The van der Waals surface area contributed by atoms with Gasteiger partial charge >= 0.3 is 0 Å². The van der Waals surface area contributed by atoms with E-state index in [-0.39, 0.29) is 5.91 Å². The lowest BCUT2D eigenvalue weighted by atomic mass is 10.0. The van der Waals surface area contributed by atoms with Crippen LogP contribution in [0.2, 0.25) is 0 Å². The van der Waals surface area contributed by atoms with Crippen molar-refractivity contribution in [2.45, 2.75) is 6.92 Å². The second-order valence-corrected chi connectivity index (χ2v) is 6.99. The summed E-state index contributed by atoms with van der Waals surface area (Å²) in [6.07, 6.45) is 1.60. The molecular weight excluding hydrogens is 368 g/mol. The first-order valence-electron chi connectivity index (χ1n) is 9.58. The van der Waals surface area contributed by atoms with Crippen LogP contribution in [0.25, 0.3) is 22.0 Å². The molecule has 0 N–H and O–H groups in total. The van der Waals surface area contributed by atoms with Crippen molar-refractivity contribution in [3.63, 3.8) is 0 Å². The van der Waals surface area contributed by atoms with Crippen LogP contribution in [0, 0.1) is 0 Å². The van der Waals surface area contributed by atoms with E-state index in [9.17, 15) is 4.79 Å². The first kappa shape index (κ1) is 19.0. The summed E-state index contributed by atoms with van der Waals surface area (Å²) < 4.78 is 10.8. The van der Waals surface area contributed by atoms with Crippen LogP contribution in [0.4, 0.5) is 5.82 Å². The van der Waals surface area contributed by atoms with E-state index >= 15 is 0 Å². The zero-order valence-electron chi connectivity index (χ0n) is 16.9. The number of ether oxygens (including phenoxy) is 2. The lowest BCUT2D eigenvalue weighted by Gasteiger charge is -2.35. The molecule has 1 amide bonds. The summed E-state index contributed by atoms with van der Waals surface area (Å²) in [5.41, 5.74) is 2.98. The van der Waals surface area contributed by atoms with Crippen LogP contribution >= 0.6 is 0 Å². The van der Waals surface area contributed by atoms with Crippen molar-refractivity contribution in [2.75, 3.05) is 45.3 Å². The number of rotatable bonds is 4. The largest absolute Gasteiger partial charge is 0.493 e. The molecule has 1 saturated heterocycles. The van der Waals surface area contributed by atoms with Crippen LogP contribution in [0.1, 0.15) is 6.92 Å². The number of carbonyl (C=O) groups is 1. The number of amides is 1. The molecule has 0 unspecified atom stereocenters. The molecule has 1 aliphatic heterocycles. The van der Waals surface area contributed by atoms with Gasteiger partial charge in [0.05, 0.1) is 19.7 Å². The fourth-order valence-electron chi connectivity index (χ4n) is 3.72. The number of hydrogen-bond donors (Lipinski definition) is 0. The second-order valence-electron chi connectivity index (χ2n) is 6.99. The molecule has 0 bridgehead atoms. The molecular formula is C22H24N4O3. The van der Waals surface area contributed by atoms with Gasteiger partial charge < -0.3 is 19.3 Å². The SMILES string of the molecule is COc1ccc(-c2ccc3ncnc(N4CCN(C(C)=O)CC4)c3c2)cc1OC. The Bertz CT molecular complexity index is 1050. The highest BCUT2D eigenvalue weighted by Crippen LogP contribution is 2.34. The quantitative estimate of drug-likeness (QED) is 0.680. The van der Waals surface area contributed by atoms with Crippen LogP contribution in [-0.4, -0.2) is 61.2 Å². The molecule has 150 valence electrons. The molecule has 2 heterocycles. The van der Waals surface area contributed by atoms with Crippen LogP contribution < -0.4 is 14.4 Å². The van der Waals surface area contributed by atoms with Gasteiger partial charge in [0.25, 0.3) is 0 Å². The molecule has 7 heteroatoms. The molecule has 1 aliphatic rings. The minimum Gasteiger partial charge on any atom is -0.493 e. The number of piperazine rings is 1. The number of hydrogen-bond acceptors (Lipinski definition) is 6. The van der Waals surface area contributed by atoms with E-state index in [0.29, 0.717) is 24.6 Å². The second kappa shape index (κ2) is 7.95. The minimum atomic E-state index is 0.118. The zero-order chi connectivity index (χ0) is 20.4. The van der Waals surface area contributed by atoms with Gasteiger partial charge in [0.1, 0.15) is 12.1 Å². The van der Waals surface area contributed by atoms with Gasteiger partial charge in [-0.1, -0.05) is 12.1 Å². The number of anilines is 1. The summed E-state index contributed by atoms with van der Waals surface area (Å²) >= 11 is 0. The lowest BCUT2D eigenvalue weighted by molar-refractivity contribution is -0.129. The molecule has 2 aromatic carbocycles. The van der Waals surface area contributed by atoms with E-state index in [1.54, 1.807) is 27.5 Å². The summed E-state index contributed by atoms with van der Waals surface area (Å²) in [7, 11) is 3.26. The van der Waals surface area contributed by atoms with Crippen molar-refractivity contribution < 1.29 is 14.3 Å². The van der Waals surface area contributed by atoms with E-state index in [1.807, 2.05) is 35.2 Å². The van der Waals surface area contributed by atoms with Gasteiger partial charge in [-0.2, -0.15) is 0 Å². The van der Waals surface area contributed by atoms with Gasteiger partial charge in [-0.05, 0) is 35.4 Å². The molecule has 0 atom stereocenters. The van der Waals surface area contributed by atoms with Crippen molar-refractivity contribution in [2.24, 2.45) is 0 Å². The Hall–Kier alpha value is -3.35. The average molecular weight is 392 g/mol. The smallest absolute Gasteiger partial charge is 0.219 e. The number of nitrogens with zero attached hydrogens (tertiary/aromatic N) is 4. The first-order chi connectivity index (χ1) is 14.1. The van der Waals surface area contributed by atoms with Crippen molar-refractivity contribution >= 4 is 22.6 Å². The zero-order valence-corrected chi connectivity index (χ0v) is 16.9. The highest BCUT2D eigenvalue weighted by atomic mass is 16.5. The first-order valence-corrected chi connectivity index (χ1v) is 9.58. The molecule has 0 radical (unpaired) electrons. The fourth-order valence-corrected chi connectivity index (χ4v) is 3.72. The summed E-state index contributed by atoms with van der Waals surface area (Å²) in [5, 5.41) is 0.996. The molecule has 0 spiro atoms. The molecule has 1 aromatic heterocycles. The Morgan fingerprint density at radius 2 is 1.59 bits per heavy atom. The standard InChI is InChI=1S/C22H24N4O3/c1-15(27)25-8-10-26(11-9-25)22-18-12-16(4-6-19(18)23-14-24-22)17-5-7-20(28-2)21(13-17)29-3/h4-7,12-14H,8-11H2,1-3H3. The highest BCUT2D eigenvalue weighted by molar-refractivity contribution is 5.93. The summed E-state index contributed by atoms with van der Waals surface area (Å²) in [4.78, 5) is 24.7. The van der Waals surface area contributed by atoms with Crippen LogP contribution in [0.5, 0.6) is 11.5 Å². The number of aromatic nitrogens is 2. The Labute approximate surface area is 169 Å². The van der Waals surface area contributed by atoms with Crippen molar-refractivity contribution in [1.29, 1.82) is 0 Å². The predicted molar refractivity (Wildman–Crippen MR) is 113 cm³/mol. The monoisotopic (exact) mass is 392 g/mol. The van der Waals surface area contributed by atoms with Gasteiger partial charge in [-0.25, -0.2) is 9.97 Å². The molecule has 3 aromatic rings. The van der Waals surface area contributed by atoms with E-state index < -0.39 is 0 Å². The summed E-state index contributed by atoms with van der Waals surface area (Å²) in [5.74, 6) is 2.41. The average Bonchev–Trinajstić information content (AvgIpc) is 2.77. The Kier molecular flexibility index (Phi) is 5.20. The topological polar surface area (TPSA) is 67.8 Å². The molecule has 7 nitrogen and oxygen atoms in total. The molecule has 0 aliphatic carbocycles. The lowest BCUT2D eigenvalue weighted by Crippen LogP contribution is -2.48. The fraction of sp³-hybridized carbons (Fsp3) is 0.318. The molecule has 0 saturated carbocycles. The van der Waals surface area contributed by atoms with E-state index in [1.165, 1.54) is 0 Å². The Morgan fingerprint density at radius 3 is 2.28 bits per heavy atom. The van der Waals surface area contributed by atoms with Crippen LogP contribution in [-0.2, 0) is 4.79 Å². The Morgan fingerprint density at radius 1 is 0.897 bits per heavy atom. The van der Waals surface area contributed by atoms with Crippen molar-refractivity contribution in [1.82, 2.24) is 14.9 Å². The molecule has 4 rings (SSSR count). The van der Waals surface area contributed by atoms with Gasteiger partial charge in [0, 0.05) is 38.5 Å². The minimum absolute atomic E-state index is 0.118. The third-order valence-corrected chi connectivity index (χ3v) is 5.36.